The summed E-state index contributed by atoms with van der Waals surface area (Å²) in [6.07, 6.45) is 7.20. The third-order valence-electron chi connectivity index (χ3n) is 6.86. The van der Waals surface area contributed by atoms with Gasteiger partial charge >= 0.3 is 0 Å². The van der Waals surface area contributed by atoms with E-state index in [9.17, 15) is 0 Å². The number of rotatable bonds is 9. The molecule has 2 aromatic carbocycles. The summed E-state index contributed by atoms with van der Waals surface area (Å²) in [5.74, 6) is 2.33. The number of piperidine rings is 1. The minimum absolute atomic E-state index is 0.473. The highest BCUT2D eigenvalue weighted by atomic mass is 16.5. The Hall–Kier alpha value is -2.37. The van der Waals surface area contributed by atoms with Gasteiger partial charge in [-0.2, -0.15) is 0 Å². The van der Waals surface area contributed by atoms with Crippen LogP contribution in [0.25, 0.3) is 11.0 Å². The van der Waals surface area contributed by atoms with E-state index in [4.69, 9.17) is 15.0 Å². The molecule has 1 aliphatic carbocycles. The van der Waals surface area contributed by atoms with Crippen LogP contribution in [-0.4, -0.2) is 29.8 Å². The molecule has 5 heteroatoms. The predicted octanol–water partition coefficient (Wildman–Crippen LogP) is 4.92. The average molecular weight is 420 g/mol. The van der Waals surface area contributed by atoms with E-state index < -0.39 is 0 Å². The molecule has 31 heavy (non-hydrogen) atoms. The van der Waals surface area contributed by atoms with Crippen molar-refractivity contribution in [2.75, 3.05) is 19.7 Å². The van der Waals surface area contributed by atoms with Gasteiger partial charge in [-0.3, -0.25) is 4.90 Å². The van der Waals surface area contributed by atoms with E-state index in [1.165, 1.54) is 50.8 Å². The van der Waals surface area contributed by atoms with Crippen LogP contribution in [0.2, 0.25) is 0 Å². The molecule has 2 N–H and O–H groups in total. The van der Waals surface area contributed by atoms with Crippen molar-refractivity contribution in [3.05, 3.63) is 59.3 Å². The Bertz CT molecular complexity index is 989. The predicted molar refractivity (Wildman–Crippen MR) is 123 cm³/mol. The first-order chi connectivity index (χ1) is 15.3. The average Bonchev–Trinajstić information content (AvgIpc) is 3.56. The molecule has 2 fully saturated rings. The van der Waals surface area contributed by atoms with Crippen molar-refractivity contribution in [1.82, 2.24) is 10.1 Å². The smallest absolute Gasteiger partial charge is 0.170 e. The van der Waals surface area contributed by atoms with Gasteiger partial charge in [0.15, 0.2) is 5.58 Å². The van der Waals surface area contributed by atoms with Crippen LogP contribution in [0.15, 0.2) is 47.0 Å². The van der Waals surface area contributed by atoms with Gasteiger partial charge in [0, 0.05) is 30.1 Å². The molecule has 0 atom stereocenters. The molecule has 1 aliphatic heterocycles. The first-order valence-corrected chi connectivity index (χ1v) is 11.8. The van der Waals surface area contributed by atoms with Gasteiger partial charge in [-0.1, -0.05) is 35.5 Å². The van der Waals surface area contributed by atoms with Crippen LogP contribution in [-0.2, 0) is 19.5 Å². The highest BCUT2D eigenvalue weighted by Gasteiger charge is 2.23. The summed E-state index contributed by atoms with van der Waals surface area (Å²) in [7, 11) is 0. The second-order valence-corrected chi connectivity index (χ2v) is 9.29. The Balaban J connectivity index is 1.16. The van der Waals surface area contributed by atoms with Crippen molar-refractivity contribution in [3.63, 3.8) is 0 Å². The maximum absolute atomic E-state index is 6.01. The summed E-state index contributed by atoms with van der Waals surface area (Å²) >= 11 is 0. The standard InChI is InChI=1S/C26H33N3O2/c27-16-22-14-23-24(28-31-26(23)15-25(22)30-18-21-6-7-21)9-8-19-10-12-29(13-11-19)17-20-4-2-1-3-5-20/h1-5,14-15,19,21H,6-13,16-18,27H2. The van der Waals surface area contributed by atoms with Crippen molar-refractivity contribution in [2.24, 2.45) is 17.6 Å². The van der Waals surface area contributed by atoms with E-state index in [2.05, 4.69) is 46.5 Å². The molecule has 5 nitrogen and oxygen atoms in total. The van der Waals surface area contributed by atoms with Crippen LogP contribution in [0.5, 0.6) is 5.75 Å². The lowest BCUT2D eigenvalue weighted by Gasteiger charge is -2.32. The number of aryl methyl sites for hydroxylation is 1. The number of hydrogen-bond acceptors (Lipinski definition) is 5. The molecule has 0 spiro atoms. The van der Waals surface area contributed by atoms with Gasteiger partial charge < -0.3 is 15.0 Å². The van der Waals surface area contributed by atoms with Gasteiger partial charge in [0.05, 0.1) is 12.3 Å². The Kier molecular flexibility index (Phi) is 6.23. The lowest BCUT2D eigenvalue weighted by Crippen LogP contribution is -2.33. The van der Waals surface area contributed by atoms with Crippen LogP contribution < -0.4 is 10.5 Å². The fraction of sp³-hybridized carbons (Fsp3) is 0.500. The molecule has 0 radical (unpaired) electrons. The van der Waals surface area contributed by atoms with Crippen LogP contribution >= 0.6 is 0 Å². The number of fused-ring (bicyclic) bond motifs is 1. The Labute approximate surface area is 184 Å². The Morgan fingerprint density at radius 3 is 2.58 bits per heavy atom. The molecule has 2 heterocycles. The molecule has 1 saturated carbocycles. The van der Waals surface area contributed by atoms with E-state index >= 15 is 0 Å². The molecule has 1 saturated heterocycles. The lowest BCUT2D eigenvalue weighted by atomic mass is 9.91. The molecular formula is C26H33N3O2. The largest absolute Gasteiger partial charge is 0.493 e. The summed E-state index contributed by atoms with van der Waals surface area (Å²) in [5.41, 5.74) is 10.3. The molecule has 0 unspecified atom stereocenters. The molecule has 3 aromatic rings. The number of ether oxygens (including phenoxy) is 1. The minimum Gasteiger partial charge on any atom is -0.493 e. The lowest BCUT2D eigenvalue weighted by molar-refractivity contribution is 0.172. The molecular weight excluding hydrogens is 386 g/mol. The van der Waals surface area contributed by atoms with E-state index in [1.807, 2.05) is 6.07 Å². The molecule has 2 aliphatic rings. The van der Waals surface area contributed by atoms with Crippen molar-refractivity contribution >= 4 is 11.0 Å². The van der Waals surface area contributed by atoms with Crippen molar-refractivity contribution in [1.29, 1.82) is 0 Å². The molecule has 0 amide bonds. The van der Waals surface area contributed by atoms with Crippen molar-refractivity contribution in [3.8, 4) is 5.75 Å². The number of hydrogen-bond donors (Lipinski definition) is 1. The summed E-state index contributed by atoms with van der Waals surface area (Å²) in [6.45, 7) is 4.67. The third kappa shape index (κ3) is 5.10. The number of aromatic nitrogens is 1. The van der Waals surface area contributed by atoms with Gasteiger partial charge in [0.25, 0.3) is 0 Å². The second kappa shape index (κ2) is 9.41. The highest BCUT2D eigenvalue weighted by Crippen LogP contribution is 2.33. The molecule has 1 aromatic heterocycles. The maximum atomic E-state index is 6.01. The zero-order valence-electron chi connectivity index (χ0n) is 18.3. The van der Waals surface area contributed by atoms with E-state index in [0.29, 0.717) is 12.5 Å². The van der Waals surface area contributed by atoms with Crippen LogP contribution in [0.1, 0.15) is 48.9 Å². The summed E-state index contributed by atoms with van der Waals surface area (Å²) in [6, 6.07) is 14.9. The monoisotopic (exact) mass is 419 g/mol. The normalized spacial score (nSPS) is 18.0. The van der Waals surface area contributed by atoms with Crippen molar-refractivity contribution < 1.29 is 9.26 Å². The quantitative estimate of drug-likeness (QED) is 0.533. The van der Waals surface area contributed by atoms with E-state index in [-0.39, 0.29) is 0 Å². The van der Waals surface area contributed by atoms with Crippen LogP contribution in [0.3, 0.4) is 0 Å². The minimum atomic E-state index is 0.473. The van der Waals surface area contributed by atoms with Crippen molar-refractivity contribution in [2.45, 2.75) is 51.6 Å². The fourth-order valence-corrected chi connectivity index (χ4v) is 4.64. The number of nitrogens with zero attached hydrogens (tertiary/aromatic N) is 2. The van der Waals surface area contributed by atoms with E-state index in [0.717, 1.165) is 53.5 Å². The van der Waals surface area contributed by atoms with Gasteiger partial charge in [0.1, 0.15) is 5.75 Å². The number of likely N-dealkylation sites (tertiary alicyclic amines) is 1. The van der Waals surface area contributed by atoms with Crippen LogP contribution in [0, 0.1) is 11.8 Å². The van der Waals surface area contributed by atoms with Gasteiger partial charge in [0.2, 0.25) is 0 Å². The SMILES string of the molecule is NCc1cc2c(CCC3CCN(Cc4ccccc4)CC3)noc2cc1OCC1CC1. The Morgan fingerprint density at radius 1 is 1.03 bits per heavy atom. The highest BCUT2D eigenvalue weighted by molar-refractivity contribution is 5.82. The number of nitrogens with two attached hydrogens (primary N) is 1. The van der Waals surface area contributed by atoms with E-state index in [1.54, 1.807) is 0 Å². The molecule has 164 valence electrons. The summed E-state index contributed by atoms with van der Waals surface area (Å²) < 4.78 is 11.7. The first kappa shape index (κ1) is 20.5. The second-order valence-electron chi connectivity index (χ2n) is 9.29. The maximum Gasteiger partial charge on any atom is 0.170 e. The van der Waals surface area contributed by atoms with Crippen LogP contribution in [0.4, 0.5) is 0 Å². The summed E-state index contributed by atoms with van der Waals surface area (Å²) in [5, 5.41) is 5.49. The van der Waals surface area contributed by atoms with Gasteiger partial charge in [-0.05, 0) is 75.1 Å². The third-order valence-corrected chi connectivity index (χ3v) is 6.86. The summed E-state index contributed by atoms with van der Waals surface area (Å²) in [4.78, 5) is 2.58. The zero-order chi connectivity index (χ0) is 21.0. The first-order valence-electron chi connectivity index (χ1n) is 11.8. The Morgan fingerprint density at radius 2 is 1.84 bits per heavy atom. The molecule has 5 rings (SSSR count). The topological polar surface area (TPSA) is 64.5 Å². The molecule has 0 bridgehead atoms. The van der Waals surface area contributed by atoms with Gasteiger partial charge in [-0.15, -0.1) is 0 Å². The van der Waals surface area contributed by atoms with Gasteiger partial charge in [-0.25, -0.2) is 0 Å². The fourth-order valence-electron chi connectivity index (χ4n) is 4.64. The zero-order valence-corrected chi connectivity index (χ0v) is 18.3. The number of benzene rings is 2.